The van der Waals surface area contributed by atoms with Crippen molar-refractivity contribution in [2.75, 3.05) is 13.2 Å². The van der Waals surface area contributed by atoms with E-state index in [4.69, 9.17) is 13.9 Å². The van der Waals surface area contributed by atoms with Crippen LogP contribution in [0.1, 0.15) is 51.7 Å². The van der Waals surface area contributed by atoms with Gasteiger partial charge < -0.3 is 19.2 Å². The zero-order valence-electron chi connectivity index (χ0n) is 13.7. The summed E-state index contributed by atoms with van der Waals surface area (Å²) in [5.41, 5.74) is 1.25. The van der Waals surface area contributed by atoms with E-state index in [2.05, 4.69) is 33.0 Å². The van der Waals surface area contributed by atoms with E-state index in [-0.39, 0.29) is 11.6 Å². The number of hydrogen-bond donors (Lipinski definition) is 1. The lowest BCUT2D eigenvalue weighted by Crippen LogP contribution is -2.35. The Morgan fingerprint density at radius 2 is 2.05 bits per heavy atom. The molecule has 1 aromatic rings. The second-order valence-electron chi connectivity index (χ2n) is 6.20. The van der Waals surface area contributed by atoms with E-state index < -0.39 is 0 Å². The maximum Gasteiger partial charge on any atom is 0.130 e. The highest BCUT2D eigenvalue weighted by molar-refractivity contribution is 5.19. The van der Waals surface area contributed by atoms with Crippen molar-refractivity contribution in [2.45, 2.75) is 66.3 Å². The first-order valence-corrected chi connectivity index (χ1v) is 7.34. The Balaban J connectivity index is 2.44. The Bertz CT molecular complexity index is 393. The molecule has 0 fully saturated rings. The highest BCUT2D eigenvalue weighted by Gasteiger charge is 2.13. The molecule has 20 heavy (non-hydrogen) atoms. The third kappa shape index (κ3) is 6.55. The van der Waals surface area contributed by atoms with Gasteiger partial charge in [-0.15, -0.1) is 0 Å². The van der Waals surface area contributed by atoms with Crippen LogP contribution in [0.15, 0.2) is 10.5 Å². The van der Waals surface area contributed by atoms with Crippen molar-refractivity contribution in [1.82, 2.24) is 5.32 Å². The minimum Gasteiger partial charge on any atom is -0.462 e. The predicted octanol–water partition coefficient (Wildman–Crippen LogP) is 3.42. The van der Waals surface area contributed by atoms with E-state index in [9.17, 15) is 0 Å². The van der Waals surface area contributed by atoms with Crippen LogP contribution in [0.4, 0.5) is 0 Å². The normalized spacial score (nSPS) is 13.7. The van der Waals surface area contributed by atoms with Crippen LogP contribution < -0.4 is 5.32 Å². The molecule has 0 amide bonds. The van der Waals surface area contributed by atoms with Gasteiger partial charge in [0.25, 0.3) is 0 Å². The monoisotopic (exact) mass is 283 g/mol. The van der Waals surface area contributed by atoms with Crippen LogP contribution in [0, 0.1) is 6.92 Å². The summed E-state index contributed by atoms with van der Waals surface area (Å²) in [5, 5.41) is 3.43. The molecule has 116 valence electrons. The number of aryl methyl sites for hydroxylation is 1. The minimum atomic E-state index is 0.0801. The minimum absolute atomic E-state index is 0.0801. The lowest BCUT2D eigenvalue weighted by molar-refractivity contribution is -0.0173. The summed E-state index contributed by atoms with van der Waals surface area (Å²) >= 11 is 0. The summed E-state index contributed by atoms with van der Waals surface area (Å²) in [6.07, 6.45) is 0.0801. The molecule has 0 aliphatic carbocycles. The summed E-state index contributed by atoms with van der Waals surface area (Å²) in [6.45, 7) is 15.1. The Kier molecular flexibility index (Phi) is 6.72. The fourth-order valence-corrected chi connectivity index (χ4v) is 1.74. The third-order valence-corrected chi connectivity index (χ3v) is 2.92. The van der Waals surface area contributed by atoms with E-state index in [1.54, 1.807) is 0 Å². The lowest BCUT2D eigenvalue weighted by Gasteiger charge is -2.19. The molecule has 1 rings (SSSR count). The van der Waals surface area contributed by atoms with E-state index in [1.807, 2.05) is 19.9 Å². The van der Waals surface area contributed by atoms with Crippen molar-refractivity contribution in [1.29, 1.82) is 0 Å². The van der Waals surface area contributed by atoms with Crippen LogP contribution in [0.5, 0.6) is 0 Å². The fourth-order valence-electron chi connectivity index (χ4n) is 1.74. The molecule has 1 atom stereocenters. The molecule has 0 spiro atoms. The van der Waals surface area contributed by atoms with Crippen molar-refractivity contribution < 1.29 is 13.9 Å². The highest BCUT2D eigenvalue weighted by Crippen LogP contribution is 2.17. The first-order valence-electron chi connectivity index (χ1n) is 7.34. The number of rotatable bonds is 8. The largest absolute Gasteiger partial charge is 0.462 e. The van der Waals surface area contributed by atoms with Crippen LogP contribution in [-0.4, -0.2) is 24.9 Å². The molecule has 4 nitrogen and oxygen atoms in total. The van der Waals surface area contributed by atoms with E-state index in [0.29, 0.717) is 13.2 Å². The van der Waals surface area contributed by atoms with Crippen molar-refractivity contribution in [2.24, 2.45) is 0 Å². The topological polar surface area (TPSA) is 43.6 Å². The average Bonchev–Trinajstić information content (AvgIpc) is 2.71. The number of hydrogen-bond acceptors (Lipinski definition) is 4. The molecule has 0 radical (unpaired) electrons. The molecule has 1 N–H and O–H groups in total. The Hall–Kier alpha value is -0.840. The zero-order chi connectivity index (χ0) is 15.2. The molecular weight excluding hydrogens is 254 g/mol. The Morgan fingerprint density at radius 3 is 2.65 bits per heavy atom. The van der Waals surface area contributed by atoms with Crippen LogP contribution in [0.25, 0.3) is 0 Å². The SMILES string of the molecule is CCOCC(C)OCc1cc(C)c(CNC(C)(C)C)o1. The first-order chi connectivity index (χ1) is 9.31. The van der Waals surface area contributed by atoms with Gasteiger partial charge >= 0.3 is 0 Å². The van der Waals surface area contributed by atoms with Gasteiger partial charge in [0.2, 0.25) is 0 Å². The molecule has 1 heterocycles. The smallest absolute Gasteiger partial charge is 0.130 e. The van der Waals surface area contributed by atoms with Crippen molar-refractivity contribution >= 4 is 0 Å². The standard InChI is InChI=1S/C16H29NO3/c1-7-18-10-13(3)19-11-14-8-12(2)15(20-14)9-17-16(4,5)6/h8,13,17H,7,9-11H2,1-6H3. The van der Waals surface area contributed by atoms with Gasteiger partial charge in [0.1, 0.15) is 18.1 Å². The van der Waals surface area contributed by atoms with Crippen LogP contribution >= 0.6 is 0 Å². The molecule has 0 aromatic carbocycles. The summed E-state index contributed by atoms with van der Waals surface area (Å²) in [7, 11) is 0. The highest BCUT2D eigenvalue weighted by atomic mass is 16.5. The first kappa shape index (κ1) is 17.2. The van der Waals surface area contributed by atoms with Crippen LogP contribution in [0.2, 0.25) is 0 Å². The van der Waals surface area contributed by atoms with Crippen LogP contribution in [-0.2, 0) is 22.6 Å². The number of ether oxygens (including phenoxy) is 2. The Labute approximate surface area is 122 Å². The second kappa shape index (κ2) is 7.81. The predicted molar refractivity (Wildman–Crippen MR) is 80.8 cm³/mol. The van der Waals surface area contributed by atoms with Gasteiger partial charge in [-0.3, -0.25) is 0 Å². The molecule has 0 aliphatic rings. The molecule has 4 heteroatoms. The summed E-state index contributed by atoms with van der Waals surface area (Å²) in [5.74, 6) is 1.85. The van der Waals surface area contributed by atoms with E-state index in [0.717, 1.165) is 30.2 Å². The van der Waals surface area contributed by atoms with Gasteiger partial charge in [-0.05, 0) is 53.2 Å². The van der Waals surface area contributed by atoms with Gasteiger partial charge in [-0.2, -0.15) is 0 Å². The fraction of sp³-hybridized carbons (Fsp3) is 0.750. The number of furan rings is 1. The molecule has 1 aromatic heterocycles. The maximum absolute atomic E-state index is 5.84. The average molecular weight is 283 g/mol. The van der Waals surface area contributed by atoms with Gasteiger partial charge in [0.15, 0.2) is 0 Å². The van der Waals surface area contributed by atoms with Gasteiger partial charge in [0.05, 0.1) is 19.3 Å². The Morgan fingerprint density at radius 1 is 1.35 bits per heavy atom. The molecule has 0 saturated carbocycles. The second-order valence-corrected chi connectivity index (χ2v) is 6.20. The van der Waals surface area contributed by atoms with Crippen molar-refractivity contribution in [3.63, 3.8) is 0 Å². The number of nitrogens with one attached hydrogen (secondary N) is 1. The lowest BCUT2D eigenvalue weighted by atomic mass is 10.1. The van der Waals surface area contributed by atoms with Crippen molar-refractivity contribution in [3.05, 3.63) is 23.2 Å². The van der Waals surface area contributed by atoms with Gasteiger partial charge in [0, 0.05) is 12.1 Å². The van der Waals surface area contributed by atoms with Crippen LogP contribution in [0.3, 0.4) is 0 Å². The molecule has 0 saturated heterocycles. The summed E-state index contributed by atoms with van der Waals surface area (Å²) in [4.78, 5) is 0. The summed E-state index contributed by atoms with van der Waals surface area (Å²) < 4.78 is 16.9. The molecule has 0 aliphatic heterocycles. The van der Waals surface area contributed by atoms with E-state index >= 15 is 0 Å². The maximum atomic E-state index is 5.84. The van der Waals surface area contributed by atoms with Gasteiger partial charge in [-0.1, -0.05) is 0 Å². The molecule has 0 bridgehead atoms. The van der Waals surface area contributed by atoms with Gasteiger partial charge in [-0.25, -0.2) is 0 Å². The summed E-state index contributed by atoms with van der Waals surface area (Å²) in [6, 6.07) is 2.05. The quantitative estimate of drug-likeness (QED) is 0.794. The van der Waals surface area contributed by atoms with E-state index in [1.165, 1.54) is 0 Å². The molecule has 1 unspecified atom stereocenters. The molecular formula is C16H29NO3. The van der Waals surface area contributed by atoms with Crippen molar-refractivity contribution in [3.8, 4) is 0 Å². The third-order valence-electron chi connectivity index (χ3n) is 2.92. The zero-order valence-corrected chi connectivity index (χ0v) is 13.7.